The summed E-state index contributed by atoms with van der Waals surface area (Å²) in [5, 5.41) is 7.58. The van der Waals surface area contributed by atoms with E-state index in [2.05, 4.69) is 35.7 Å². The van der Waals surface area contributed by atoms with Crippen LogP contribution in [0.5, 0.6) is 11.5 Å². The largest absolute Gasteiger partial charge is 0.497 e. The molecule has 172 valence electrons. The summed E-state index contributed by atoms with van der Waals surface area (Å²) in [6, 6.07) is 15.6. The lowest BCUT2D eigenvalue weighted by Crippen LogP contribution is -2.37. The number of hydrogen-bond donors (Lipinski definition) is 2. The summed E-state index contributed by atoms with van der Waals surface area (Å²) in [5.74, 6) is 2.73. The third kappa shape index (κ3) is 6.07. The standard InChI is InChI=1S/C23H27N7O3/c1-31-19-9-8-18(20(14-19)32-2)16-25-29-22-26-21(24-15-17-6-4-3-5-7-17)27-23(28-22)30-10-12-33-13-11-30/h3-9,14,16H,10-13,15H2,1-2H3,(H2,24,26,27,28,29)/b25-16+. The molecule has 1 aliphatic rings. The lowest BCUT2D eigenvalue weighted by molar-refractivity contribution is 0.122. The van der Waals surface area contributed by atoms with Crippen LogP contribution in [0.25, 0.3) is 0 Å². The Labute approximate surface area is 192 Å². The van der Waals surface area contributed by atoms with Gasteiger partial charge in [-0.05, 0) is 17.7 Å². The van der Waals surface area contributed by atoms with Gasteiger partial charge < -0.3 is 24.4 Å². The van der Waals surface area contributed by atoms with E-state index in [1.165, 1.54) is 0 Å². The molecule has 4 rings (SSSR count). The zero-order valence-corrected chi connectivity index (χ0v) is 18.7. The Kier molecular flexibility index (Phi) is 7.49. The first-order valence-corrected chi connectivity index (χ1v) is 10.6. The van der Waals surface area contributed by atoms with Crippen LogP contribution in [-0.2, 0) is 11.3 Å². The maximum Gasteiger partial charge on any atom is 0.250 e. The number of morpholine rings is 1. The first-order chi connectivity index (χ1) is 16.2. The predicted molar refractivity (Wildman–Crippen MR) is 127 cm³/mol. The highest BCUT2D eigenvalue weighted by Crippen LogP contribution is 2.23. The van der Waals surface area contributed by atoms with Crippen molar-refractivity contribution in [3.8, 4) is 11.5 Å². The van der Waals surface area contributed by atoms with Crippen molar-refractivity contribution in [3.05, 3.63) is 59.7 Å². The summed E-state index contributed by atoms with van der Waals surface area (Å²) in [6.45, 7) is 3.30. The molecule has 10 heteroatoms. The number of ether oxygens (including phenoxy) is 3. The number of anilines is 3. The molecule has 10 nitrogen and oxygen atoms in total. The average Bonchev–Trinajstić information content (AvgIpc) is 2.88. The van der Waals surface area contributed by atoms with Gasteiger partial charge in [-0.2, -0.15) is 20.1 Å². The number of nitrogens with zero attached hydrogens (tertiary/aromatic N) is 5. The number of nitrogens with one attached hydrogen (secondary N) is 2. The van der Waals surface area contributed by atoms with E-state index in [-0.39, 0.29) is 0 Å². The van der Waals surface area contributed by atoms with Crippen molar-refractivity contribution in [2.24, 2.45) is 5.10 Å². The Morgan fingerprint density at radius 2 is 1.79 bits per heavy atom. The molecule has 1 aliphatic heterocycles. The number of hydrogen-bond acceptors (Lipinski definition) is 10. The van der Waals surface area contributed by atoms with Crippen molar-refractivity contribution >= 4 is 24.1 Å². The van der Waals surface area contributed by atoms with Gasteiger partial charge in [-0.3, -0.25) is 0 Å². The Balaban J connectivity index is 1.52. The first-order valence-electron chi connectivity index (χ1n) is 10.6. The molecule has 0 spiro atoms. The molecule has 33 heavy (non-hydrogen) atoms. The zero-order chi connectivity index (χ0) is 22.9. The van der Waals surface area contributed by atoms with Crippen molar-refractivity contribution in [1.29, 1.82) is 0 Å². The number of methoxy groups -OCH3 is 2. The second-order valence-corrected chi connectivity index (χ2v) is 7.20. The summed E-state index contributed by atoms with van der Waals surface area (Å²) in [4.78, 5) is 15.7. The van der Waals surface area contributed by atoms with Crippen molar-refractivity contribution in [1.82, 2.24) is 15.0 Å². The van der Waals surface area contributed by atoms with Crippen LogP contribution in [0.3, 0.4) is 0 Å². The van der Waals surface area contributed by atoms with E-state index < -0.39 is 0 Å². The lowest BCUT2D eigenvalue weighted by atomic mass is 10.2. The Morgan fingerprint density at radius 3 is 2.55 bits per heavy atom. The summed E-state index contributed by atoms with van der Waals surface area (Å²) in [6.07, 6.45) is 1.65. The summed E-state index contributed by atoms with van der Waals surface area (Å²) in [7, 11) is 3.21. The van der Waals surface area contributed by atoms with Crippen LogP contribution < -0.4 is 25.1 Å². The Hall–Kier alpha value is -3.92. The summed E-state index contributed by atoms with van der Waals surface area (Å²) < 4.78 is 16.1. The van der Waals surface area contributed by atoms with Crippen LogP contribution in [0.4, 0.5) is 17.8 Å². The molecular weight excluding hydrogens is 422 g/mol. The third-order valence-electron chi connectivity index (χ3n) is 5.02. The van der Waals surface area contributed by atoms with Crippen LogP contribution in [0.2, 0.25) is 0 Å². The minimum Gasteiger partial charge on any atom is -0.497 e. The van der Waals surface area contributed by atoms with Crippen LogP contribution >= 0.6 is 0 Å². The molecule has 0 unspecified atom stereocenters. The quantitative estimate of drug-likeness (QED) is 0.377. The van der Waals surface area contributed by atoms with E-state index in [4.69, 9.17) is 14.2 Å². The molecule has 0 amide bonds. The zero-order valence-electron chi connectivity index (χ0n) is 18.7. The van der Waals surface area contributed by atoms with Crippen molar-refractivity contribution in [3.63, 3.8) is 0 Å². The molecule has 0 bridgehead atoms. The minimum atomic E-state index is 0.339. The molecule has 3 aromatic rings. The van der Waals surface area contributed by atoms with Gasteiger partial charge in [-0.25, -0.2) is 5.43 Å². The molecule has 0 atom stereocenters. The van der Waals surface area contributed by atoms with E-state index in [1.807, 2.05) is 42.5 Å². The average molecular weight is 450 g/mol. The summed E-state index contributed by atoms with van der Waals surface area (Å²) >= 11 is 0. The molecule has 0 radical (unpaired) electrons. The van der Waals surface area contributed by atoms with Gasteiger partial charge in [-0.1, -0.05) is 30.3 Å². The van der Waals surface area contributed by atoms with Gasteiger partial charge in [-0.15, -0.1) is 0 Å². The number of rotatable bonds is 9. The van der Waals surface area contributed by atoms with E-state index in [0.29, 0.717) is 62.2 Å². The van der Waals surface area contributed by atoms with Gasteiger partial charge in [0, 0.05) is 31.3 Å². The molecule has 1 aromatic heterocycles. The lowest BCUT2D eigenvalue weighted by Gasteiger charge is -2.27. The van der Waals surface area contributed by atoms with Crippen molar-refractivity contribution in [2.45, 2.75) is 6.54 Å². The topological polar surface area (TPSA) is 106 Å². The molecule has 0 saturated carbocycles. The molecule has 1 fully saturated rings. The third-order valence-corrected chi connectivity index (χ3v) is 5.02. The second-order valence-electron chi connectivity index (χ2n) is 7.20. The molecule has 2 heterocycles. The van der Waals surface area contributed by atoms with Gasteiger partial charge >= 0.3 is 0 Å². The number of hydrazone groups is 1. The molecule has 1 saturated heterocycles. The Bertz CT molecular complexity index is 1070. The maximum absolute atomic E-state index is 5.45. The van der Waals surface area contributed by atoms with Crippen LogP contribution in [0.15, 0.2) is 53.6 Å². The summed E-state index contributed by atoms with van der Waals surface area (Å²) in [5.41, 5.74) is 4.83. The van der Waals surface area contributed by atoms with E-state index in [0.717, 1.165) is 11.1 Å². The highest BCUT2D eigenvalue weighted by Gasteiger charge is 2.16. The fourth-order valence-corrected chi connectivity index (χ4v) is 3.26. The first kappa shape index (κ1) is 22.3. The van der Waals surface area contributed by atoms with E-state index >= 15 is 0 Å². The molecule has 2 N–H and O–H groups in total. The highest BCUT2D eigenvalue weighted by atomic mass is 16.5. The van der Waals surface area contributed by atoms with Crippen LogP contribution in [0, 0.1) is 0 Å². The van der Waals surface area contributed by atoms with Gasteiger partial charge in [0.05, 0.1) is 33.6 Å². The predicted octanol–water partition coefficient (Wildman–Crippen LogP) is 2.78. The maximum atomic E-state index is 5.45. The van der Waals surface area contributed by atoms with Crippen LogP contribution in [0.1, 0.15) is 11.1 Å². The highest BCUT2D eigenvalue weighted by molar-refractivity contribution is 5.84. The van der Waals surface area contributed by atoms with Gasteiger partial charge in [0.1, 0.15) is 11.5 Å². The fourth-order valence-electron chi connectivity index (χ4n) is 3.26. The monoisotopic (exact) mass is 449 g/mol. The fraction of sp³-hybridized carbons (Fsp3) is 0.304. The number of aromatic nitrogens is 3. The smallest absolute Gasteiger partial charge is 0.250 e. The Morgan fingerprint density at radius 1 is 1.00 bits per heavy atom. The molecule has 2 aromatic carbocycles. The van der Waals surface area contributed by atoms with Crippen LogP contribution in [-0.4, -0.2) is 61.7 Å². The number of benzene rings is 2. The van der Waals surface area contributed by atoms with Gasteiger partial charge in [0.15, 0.2) is 0 Å². The van der Waals surface area contributed by atoms with Gasteiger partial charge in [0.25, 0.3) is 0 Å². The van der Waals surface area contributed by atoms with E-state index in [9.17, 15) is 0 Å². The molecular formula is C23H27N7O3. The van der Waals surface area contributed by atoms with Crippen molar-refractivity contribution in [2.75, 3.05) is 56.2 Å². The van der Waals surface area contributed by atoms with Crippen molar-refractivity contribution < 1.29 is 14.2 Å². The van der Waals surface area contributed by atoms with E-state index in [1.54, 1.807) is 26.5 Å². The normalized spacial score (nSPS) is 13.7. The second kappa shape index (κ2) is 11.1. The minimum absolute atomic E-state index is 0.339. The molecule has 0 aliphatic carbocycles. The SMILES string of the molecule is COc1ccc(/C=N/Nc2nc(NCc3ccccc3)nc(N3CCOCC3)n2)c(OC)c1. The van der Waals surface area contributed by atoms with Gasteiger partial charge in [0.2, 0.25) is 17.8 Å².